The Labute approximate surface area is 102 Å². The summed E-state index contributed by atoms with van der Waals surface area (Å²) in [4.78, 5) is 0. The minimum atomic E-state index is 0.500. The van der Waals surface area contributed by atoms with E-state index >= 15 is 0 Å². The second-order valence-corrected chi connectivity index (χ2v) is 3.67. The summed E-state index contributed by atoms with van der Waals surface area (Å²) in [6, 6.07) is 20.8. The summed E-state index contributed by atoms with van der Waals surface area (Å²) < 4.78 is 9.44. The molecule has 0 radical (unpaired) electrons. The lowest BCUT2D eigenvalue weighted by Gasteiger charge is -1.98. The molecule has 1 saturated heterocycles. The molecule has 1 heterocycles. The van der Waals surface area contributed by atoms with Crippen molar-refractivity contribution in [2.24, 2.45) is 0 Å². The maximum atomic E-state index is 4.72. The first-order chi connectivity index (χ1) is 8.47. The van der Waals surface area contributed by atoms with Crippen molar-refractivity contribution in [3.05, 3.63) is 60.7 Å². The number of hydrogen-bond donors (Lipinski definition) is 0. The van der Waals surface area contributed by atoms with Crippen molar-refractivity contribution in [3.8, 4) is 11.1 Å². The Morgan fingerprint density at radius 2 is 1.00 bits per heavy atom. The maximum Gasteiger partial charge on any atom is 0.146 e. The minimum Gasteiger partial charge on any atom is -0.353 e. The van der Waals surface area contributed by atoms with Crippen molar-refractivity contribution in [2.75, 3.05) is 20.0 Å². The second-order valence-electron chi connectivity index (χ2n) is 3.67. The molecule has 2 aromatic carbocycles. The third-order valence-corrected chi connectivity index (χ3v) is 2.42. The third-order valence-electron chi connectivity index (χ3n) is 2.42. The largest absolute Gasteiger partial charge is 0.353 e. The van der Waals surface area contributed by atoms with E-state index in [1.165, 1.54) is 11.1 Å². The van der Waals surface area contributed by atoms with Gasteiger partial charge in [0.15, 0.2) is 0 Å². The standard InChI is InChI=1S/C12H10.C3H6O2/c1-3-7-11(8-4-1)12-9-5-2-6-10-12;1-2-5-3-4-1/h1-10H;1-3H2. The first-order valence-corrected chi connectivity index (χ1v) is 5.73. The summed E-state index contributed by atoms with van der Waals surface area (Å²) in [5.41, 5.74) is 2.55. The molecular weight excluding hydrogens is 212 g/mol. The Balaban J connectivity index is 0.000000181. The smallest absolute Gasteiger partial charge is 0.146 e. The molecule has 0 atom stereocenters. The summed E-state index contributed by atoms with van der Waals surface area (Å²) in [6.45, 7) is 2.06. The number of rotatable bonds is 1. The number of ether oxygens (including phenoxy) is 2. The fraction of sp³-hybridized carbons (Fsp3) is 0.200. The average molecular weight is 228 g/mol. The molecule has 0 N–H and O–H groups in total. The predicted octanol–water partition coefficient (Wildman–Crippen LogP) is 3.34. The molecule has 17 heavy (non-hydrogen) atoms. The maximum absolute atomic E-state index is 4.72. The van der Waals surface area contributed by atoms with Gasteiger partial charge in [0.25, 0.3) is 0 Å². The molecule has 2 aromatic rings. The van der Waals surface area contributed by atoms with E-state index in [1.807, 2.05) is 12.1 Å². The topological polar surface area (TPSA) is 18.5 Å². The molecule has 0 spiro atoms. The molecule has 3 rings (SSSR count). The Bertz CT molecular complexity index is 362. The van der Waals surface area contributed by atoms with E-state index < -0.39 is 0 Å². The van der Waals surface area contributed by atoms with Gasteiger partial charge < -0.3 is 9.47 Å². The Kier molecular flexibility index (Phi) is 4.76. The van der Waals surface area contributed by atoms with E-state index in [2.05, 4.69) is 48.5 Å². The third kappa shape index (κ3) is 4.02. The van der Waals surface area contributed by atoms with Gasteiger partial charge in [-0.25, -0.2) is 0 Å². The molecule has 0 saturated carbocycles. The van der Waals surface area contributed by atoms with E-state index in [-0.39, 0.29) is 0 Å². The Morgan fingerprint density at radius 1 is 0.588 bits per heavy atom. The van der Waals surface area contributed by atoms with E-state index in [0.717, 1.165) is 13.2 Å². The van der Waals surface area contributed by atoms with Crippen molar-refractivity contribution < 1.29 is 9.47 Å². The van der Waals surface area contributed by atoms with Gasteiger partial charge in [-0.2, -0.15) is 0 Å². The first-order valence-electron chi connectivity index (χ1n) is 5.73. The van der Waals surface area contributed by atoms with Crippen LogP contribution >= 0.6 is 0 Å². The van der Waals surface area contributed by atoms with Gasteiger partial charge in [0.2, 0.25) is 0 Å². The molecule has 88 valence electrons. The lowest BCUT2D eigenvalue weighted by atomic mass is 10.1. The summed E-state index contributed by atoms with van der Waals surface area (Å²) >= 11 is 0. The van der Waals surface area contributed by atoms with Crippen LogP contribution in [0.4, 0.5) is 0 Å². The van der Waals surface area contributed by atoms with Crippen LogP contribution in [0.5, 0.6) is 0 Å². The highest BCUT2D eigenvalue weighted by Gasteiger charge is 1.94. The van der Waals surface area contributed by atoms with Gasteiger partial charge >= 0.3 is 0 Å². The van der Waals surface area contributed by atoms with Gasteiger partial charge in [-0.1, -0.05) is 60.7 Å². The minimum absolute atomic E-state index is 0.500. The molecular formula is C15H16O2. The zero-order valence-electron chi connectivity index (χ0n) is 9.71. The van der Waals surface area contributed by atoms with E-state index in [4.69, 9.17) is 9.47 Å². The summed E-state index contributed by atoms with van der Waals surface area (Å²) in [5, 5.41) is 0. The van der Waals surface area contributed by atoms with Gasteiger partial charge in [0.05, 0.1) is 13.2 Å². The summed E-state index contributed by atoms with van der Waals surface area (Å²) in [7, 11) is 0. The lowest BCUT2D eigenvalue weighted by molar-refractivity contribution is 0.0692. The van der Waals surface area contributed by atoms with Crippen LogP contribution in [0.2, 0.25) is 0 Å². The van der Waals surface area contributed by atoms with Crippen molar-refractivity contribution >= 4 is 0 Å². The van der Waals surface area contributed by atoms with Crippen molar-refractivity contribution in [3.63, 3.8) is 0 Å². The van der Waals surface area contributed by atoms with Crippen LogP contribution in [-0.4, -0.2) is 20.0 Å². The van der Waals surface area contributed by atoms with Crippen molar-refractivity contribution in [1.29, 1.82) is 0 Å². The highest BCUT2D eigenvalue weighted by molar-refractivity contribution is 5.62. The second kappa shape index (κ2) is 6.84. The predicted molar refractivity (Wildman–Crippen MR) is 68.6 cm³/mol. The number of benzene rings is 2. The van der Waals surface area contributed by atoms with E-state index in [0.29, 0.717) is 6.79 Å². The lowest BCUT2D eigenvalue weighted by Crippen LogP contribution is -1.79. The van der Waals surface area contributed by atoms with Crippen LogP contribution < -0.4 is 0 Å². The fourth-order valence-electron chi connectivity index (χ4n) is 1.56. The monoisotopic (exact) mass is 228 g/mol. The zero-order chi connectivity index (χ0) is 11.8. The molecule has 1 aliphatic rings. The Hall–Kier alpha value is -1.64. The number of hydrogen-bond acceptors (Lipinski definition) is 2. The molecule has 0 amide bonds. The molecule has 2 nitrogen and oxygen atoms in total. The van der Waals surface area contributed by atoms with Gasteiger partial charge in [-0.3, -0.25) is 0 Å². The van der Waals surface area contributed by atoms with Crippen LogP contribution in [0.1, 0.15) is 0 Å². The fourth-order valence-corrected chi connectivity index (χ4v) is 1.56. The van der Waals surface area contributed by atoms with Gasteiger partial charge in [-0.15, -0.1) is 0 Å². The highest BCUT2D eigenvalue weighted by Crippen LogP contribution is 2.17. The van der Waals surface area contributed by atoms with Crippen LogP contribution in [0.25, 0.3) is 11.1 Å². The first kappa shape index (κ1) is 11.8. The quantitative estimate of drug-likeness (QED) is 0.745. The van der Waals surface area contributed by atoms with Crippen LogP contribution in [0.15, 0.2) is 60.7 Å². The van der Waals surface area contributed by atoms with Crippen molar-refractivity contribution in [1.82, 2.24) is 0 Å². The Morgan fingerprint density at radius 3 is 1.29 bits per heavy atom. The SMILES string of the molecule is C1COCO1.c1ccc(-c2ccccc2)cc1. The molecule has 0 aromatic heterocycles. The normalized spacial score (nSPS) is 13.9. The molecule has 0 bridgehead atoms. The van der Waals surface area contributed by atoms with Crippen molar-refractivity contribution in [2.45, 2.75) is 0 Å². The van der Waals surface area contributed by atoms with Crippen LogP contribution in [-0.2, 0) is 9.47 Å². The molecule has 1 fully saturated rings. The molecule has 2 heteroatoms. The summed E-state index contributed by atoms with van der Waals surface area (Å²) in [6.07, 6.45) is 0. The molecule has 0 unspecified atom stereocenters. The van der Waals surface area contributed by atoms with E-state index in [9.17, 15) is 0 Å². The highest BCUT2D eigenvalue weighted by atomic mass is 16.7. The zero-order valence-corrected chi connectivity index (χ0v) is 9.71. The summed E-state index contributed by atoms with van der Waals surface area (Å²) in [5.74, 6) is 0. The van der Waals surface area contributed by atoms with Gasteiger partial charge in [-0.05, 0) is 11.1 Å². The van der Waals surface area contributed by atoms with Gasteiger partial charge in [0.1, 0.15) is 6.79 Å². The van der Waals surface area contributed by atoms with Crippen LogP contribution in [0.3, 0.4) is 0 Å². The van der Waals surface area contributed by atoms with E-state index in [1.54, 1.807) is 0 Å². The average Bonchev–Trinajstić information content (AvgIpc) is 3.00. The molecule has 0 aliphatic carbocycles. The van der Waals surface area contributed by atoms with Crippen LogP contribution in [0, 0.1) is 0 Å². The van der Waals surface area contributed by atoms with Gasteiger partial charge in [0, 0.05) is 0 Å². The molecule has 1 aliphatic heterocycles.